The Morgan fingerprint density at radius 3 is 2.48 bits per heavy atom. The number of carbonyl (C=O) groups is 1. The first-order valence-electron chi connectivity index (χ1n) is 5.51. The van der Waals surface area contributed by atoms with Crippen molar-refractivity contribution in [3.8, 4) is 5.69 Å². The fourth-order valence-corrected chi connectivity index (χ4v) is 1.65. The molecule has 2 rings (SSSR count). The predicted molar refractivity (Wildman–Crippen MR) is 68.2 cm³/mol. The highest BCUT2D eigenvalue weighted by Crippen LogP contribution is 2.25. The van der Waals surface area contributed by atoms with Crippen molar-refractivity contribution in [3.63, 3.8) is 0 Å². The van der Waals surface area contributed by atoms with Crippen LogP contribution in [0.15, 0.2) is 30.5 Å². The summed E-state index contributed by atoms with van der Waals surface area (Å²) in [6, 6.07) is 4.61. The van der Waals surface area contributed by atoms with Gasteiger partial charge in [-0.05, 0) is 17.1 Å². The molecule has 0 saturated heterocycles. The van der Waals surface area contributed by atoms with Gasteiger partial charge in [-0.15, -0.1) is 4.68 Å². The zero-order chi connectivity index (χ0) is 15.6. The van der Waals surface area contributed by atoms with Crippen LogP contribution in [0, 0.1) is 20.2 Å². The van der Waals surface area contributed by atoms with Crippen LogP contribution in [0.1, 0.15) is 10.4 Å². The van der Waals surface area contributed by atoms with Gasteiger partial charge in [0.15, 0.2) is 5.69 Å². The molecule has 0 fully saturated rings. The maximum absolute atomic E-state index is 11.5. The summed E-state index contributed by atoms with van der Waals surface area (Å²) < 4.78 is 5.49. The van der Waals surface area contributed by atoms with Crippen molar-refractivity contribution < 1.29 is 19.4 Å². The number of hydrogen-bond acceptors (Lipinski definition) is 7. The lowest BCUT2D eigenvalue weighted by atomic mass is 10.1. The molecule has 0 spiro atoms. The van der Waals surface area contributed by atoms with Crippen molar-refractivity contribution in [1.82, 2.24) is 9.78 Å². The minimum atomic E-state index is -0.730. The second-order valence-electron chi connectivity index (χ2n) is 3.83. The number of ether oxygens (including phenoxy) is 1. The first-order chi connectivity index (χ1) is 9.93. The van der Waals surface area contributed by atoms with Crippen molar-refractivity contribution in [1.29, 1.82) is 0 Å². The lowest BCUT2D eigenvalue weighted by molar-refractivity contribution is -0.389. The summed E-state index contributed by atoms with van der Waals surface area (Å²) in [5.74, 6) is -1.15. The van der Waals surface area contributed by atoms with Gasteiger partial charge in [0.25, 0.3) is 5.69 Å². The number of benzene rings is 1. The molecule has 1 heterocycles. The Morgan fingerprint density at radius 1 is 1.24 bits per heavy atom. The number of methoxy groups -OCH3 is 1. The summed E-state index contributed by atoms with van der Waals surface area (Å²) in [6.07, 6.45) is 1.20. The summed E-state index contributed by atoms with van der Waals surface area (Å²) in [5, 5.41) is 25.2. The van der Waals surface area contributed by atoms with Crippen LogP contribution in [-0.4, -0.2) is 32.7 Å². The molecule has 10 heteroatoms. The Morgan fingerprint density at radius 2 is 1.95 bits per heavy atom. The van der Waals surface area contributed by atoms with E-state index in [1.165, 1.54) is 25.4 Å². The van der Waals surface area contributed by atoms with Gasteiger partial charge in [0.05, 0.1) is 35.0 Å². The van der Waals surface area contributed by atoms with Gasteiger partial charge in [-0.2, -0.15) is 0 Å². The zero-order valence-electron chi connectivity index (χ0n) is 10.6. The van der Waals surface area contributed by atoms with E-state index in [1.54, 1.807) is 0 Å². The molecule has 10 nitrogen and oxygen atoms in total. The van der Waals surface area contributed by atoms with E-state index in [4.69, 9.17) is 0 Å². The Balaban J connectivity index is 2.59. The maximum Gasteiger partial charge on any atom is 0.390 e. The quantitative estimate of drug-likeness (QED) is 0.473. The zero-order valence-corrected chi connectivity index (χ0v) is 10.6. The average molecular weight is 292 g/mol. The predicted octanol–water partition coefficient (Wildman–Crippen LogP) is 1.48. The van der Waals surface area contributed by atoms with Gasteiger partial charge in [-0.1, -0.05) is 0 Å². The van der Waals surface area contributed by atoms with Gasteiger partial charge < -0.3 is 14.9 Å². The van der Waals surface area contributed by atoms with Crippen LogP contribution in [0.5, 0.6) is 0 Å². The second-order valence-corrected chi connectivity index (χ2v) is 3.83. The normalized spacial score (nSPS) is 10.1. The van der Waals surface area contributed by atoms with Gasteiger partial charge in [0, 0.05) is 6.07 Å². The smallest absolute Gasteiger partial charge is 0.390 e. The summed E-state index contributed by atoms with van der Waals surface area (Å²) in [6.45, 7) is 0. The highest BCUT2D eigenvalue weighted by Gasteiger charge is 2.22. The first kappa shape index (κ1) is 14.1. The van der Waals surface area contributed by atoms with Gasteiger partial charge in [0.1, 0.15) is 0 Å². The topological polar surface area (TPSA) is 130 Å². The molecular formula is C11H8N4O6. The molecule has 0 amide bonds. The summed E-state index contributed by atoms with van der Waals surface area (Å²) >= 11 is 0. The largest absolute Gasteiger partial charge is 0.465 e. The lowest BCUT2D eigenvalue weighted by Gasteiger charge is -2.03. The molecule has 0 saturated carbocycles. The highest BCUT2D eigenvalue weighted by atomic mass is 16.6. The molecule has 0 radical (unpaired) electrons. The summed E-state index contributed by atoms with van der Waals surface area (Å²) in [5.41, 5.74) is -0.354. The average Bonchev–Trinajstić information content (AvgIpc) is 2.95. The monoisotopic (exact) mass is 292 g/mol. The fourth-order valence-electron chi connectivity index (χ4n) is 1.65. The minimum absolute atomic E-state index is 0.0660. The molecule has 1 aromatic carbocycles. The van der Waals surface area contributed by atoms with Crippen molar-refractivity contribution >= 4 is 17.5 Å². The third-order valence-electron chi connectivity index (χ3n) is 2.60. The van der Waals surface area contributed by atoms with Crippen molar-refractivity contribution in [2.24, 2.45) is 0 Å². The van der Waals surface area contributed by atoms with Crippen molar-refractivity contribution in [2.45, 2.75) is 0 Å². The minimum Gasteiger partial charge on any atom is -0.465 e. The molecule has 2 aromatic rings. The van der Waals surface area contributed by atoms with Crippen LogP contribution >= 0.6 is 0 Å². The van der Waals surface area contributed by atoms with Crippen molar-refractivity contribution in [2.75, 3.05) is 7.11 Å². The fraction of sp³-hybridized carbons (Fsp3) is 0.0909. The molecule has 21 heavy (non-hydrogen) atoms. The summed E-state index contributed by atoms with van der Waals surface area (Å²) in [7, 11) is 1.17. The number of carbonyl (C=O) groups excluding carboxylic acids is 1. The van der Waals surface area contributed by atoms with E-state index in [9.17, 15) is 25.0 Å². The number of rotatable bonds is 4. The van der Waals surface area contributed by atoms with Gasteiger partial charge in [0.2, 0.25) is 0 Å². The molecule has 0 N–H and O–H groups in total. The van der Waals surface area contributed by atoms with Crippen LogP contribution in [0.2, 0.25) is 0 Å². The van der Waals surface area contributed by atoms with E-state index in [2.05, 4.69) is 9.84 Å². The van der Waals surface area contributed by atoms with Crippen LogP contribution in [0.4, 0.5) is 11.5 Å². The molecule has 0 unspecified atom stereocenters. The van der Waals surface area contributed by atoms with Crippen LogP contribution in [-0.2, 0) is 4.74 Å². The van der Waals surface area contributed by atoms with Crippen LogP contribution in [0.3, 0.4) is 0 Å². The van der Waals surface area contributed by atoms with Gasteiger partial charge >= 0.3 is 11.8 Å². The molecule has 0 atom stereocenters. The van der Waals surface area contributed by atoms with E-state index in [0.717, 1.165) is 16.8 Å². The van der Waals surface area contributed by atoms with Gasteiger partial charge in [-0.3, -0.25) is 10.1 Å². The number of esters is 1. The molecule has 108 valence electrons. The van der Waals surface area contributed by atoms with Crippen molar-refractivity contribution in [3.05, 3.63) is 56.3 Å². The Bertz CT molecular complexity index is 738. The third-order valence-corrected chi connectivity index (χ3v) is 2.60. The number of aromatic nitrogens is 2. The van der Waals surface area contributed by atoms with E-state index in [-0.39, 0.29) is 16.9 Å². The maximum atomic E-state index is 11.5. The Labute approximate surface area is 116 Å². The second kappa shape index (κ2) is 5.36. The third kappa shape index (κ3) is 2.68. The molecule has 0 aliphatic carbocycles. The SMILES string of the molecule is COC(=O)c1ccc([N+](=O)[O-])c(-n2ccc([N+](=O)[O-])n2)c1. The van der Waals surface area contributed by atoms with E-state index in [0.29, 0.717) is 0 Å². The lowest BCUT2D eigenvalue weighted by Crippen LogP contribution is -2.06. The standard InChI is InChI=1S/C11H8N4O6/c1-21-11(16)7-2-3-8(14(17)18)9(6-7)13-5-4-10(12-13)15(19)20/h2-6H,1H3. The number of nitrogens with zero attached hydrogens (tertiary/aromatic N) is 4. The molecule has 0 bridgehead atoms. The Hall–Kier alpha value is -3.30. The highest BCUT2D eigenvalue weighted by molar-refractivity contribution is 5.90. The molecule has 0 aliphatic heterocycles. The number of nitro groups is 2. The molecular weight excluding hydrogens is 284 g/mol. The Kier molecular flexibility index (Phi) is 3.61. The molecule has 0 aliphatic rings. The van der Waals surface area contributed by atoms with Crippen LogP contribution < -0.4 is 0 Å². The van der Waals surface area contributed by atoms with E-state index >= 15 is 0 Å². The number of nitro benzene ring substituents is 1. The van der Waals surface area contributed by atoms with E-state index < -0.39 is 21.6 Å². The summed E-state index contributed by atoms with van der Waals surface area (Å²) in [4.78, 5) is 31.7. The number of hydrogen-bond donors (Lipinski definition) is 0. The van der Waals surface area contributed by atoms with Crippen LogP contribution in [0.25, 0.3) is 5.69 Å². The van der Waals surface area contributed by atoms with E-state index in [1.807, 2.05) is 0 Å². The van der Waals surface area contributed by atoms with Gasteiger partial charge in [-0.25, -0.2) is 4.79 Å². The molecule has 1 aromatic heterocycles. The first-order valence-corrected chi connectivity index (χ1v) is 5.51.